The topological polar surface area (TPSA) is 63.2 Å². The highest BCUT2D eigenvalue weighted by Gasteiger charge is 2.19. The summed E-state index contributed by atoms with van der Waals surface area (Å²) in [5.74, 6) is 0.138. The lowest BCUT2D eigenvalue weighted by Gasteiger charge is -2.17. The normalized spacial score (nSPS) is 13.6. The molecule has 0 bridgehead atoms. The zero-order valence-corrected chi connectivity index (χ0v) is 11.9. The predicted molar refractivity (Wildman–Crippen MR) is 71.1 cm³/mol. The maximum atomic E-state index is 12.0. The lowest BCUT2D eigenvalue weighted by molar-refractivity contribution is 0.101. The number of carbonyl (C=O) groups excluding carboxylic acids is 1. The van der Waals surface area contributed by atoms with Gasteiger partial charge in [0, 0.05) is 11.6 Å². The highest BCUT2D eigenvalue weighted by atomic mass is 32.2. The third-order valence-corrected chi connectivity index (χ3v) is 4.49. The van der Waals surface area contributed by atoms with Crippen molar-refractivity contribution in [1.29, 1.82) is 0 Å². The largest absolute Gasteiger partial charge is 0.295 e. The highest BCUT2D eigenvalue weighted by Crippen LogP contribution is 2.13. The Bertz CT molecular complexity index is 518. The van der Waals surface area contributed by atoms with Gasteiger partial charge in [-0.1, -0.05) is 26.0 Å². The molecule has 5 heteroatoms. The molecule has 0 unspecified atom stereocenters. The van der Waals surface area contributed by atoms with E-state index in [1.54, 1.807) is 0 Å². The van der Waals surface area contributed by atoms with E-state index in [0.717, 1.165) is 0 Å². The summed E-state index contributed by atoms with van der Waals surface area (Å²) in [6.07, 6.45) is 0. The average molecular weight is 269 g/mol. The molecule has 0 heterocycles. The first kappa shape index (κ1) is 14.9. The second-order valence-electron chi connectivity index (χ2n) is 4.73. The first-order valence-corrected chi connectivity index (χ1v) is 7.35. The molecule has 0 aliphatic carbocycles. The Balaban J connectivity index is 2.95. The summed E-state index contributed by atoms with van der Waals surface area (Å²) in [4.78, 5) is 11.3. The molecule has 0 radical (unpaired) electrons. The van der Waals surface area contributed by atoms with E-state index < -0.39 is 10.0 Å². The third-order valence-electron chi connectivity index (χ3n) is 2.91. The number of carbonyl (C=O) groups is 1. The van der Waals surface area contributed by atoms with Gasteiger partial charge in [-0.2, -0.15) is 0 Å². The molecule has 18 heavy (non-hydrogen) atoms. The van der Waals surface area contributed by atoms with Crippen LogP contribution in [-0.2, 0) is 10.0 Å². The summed E-state index contributed by atoms with van der Waals surface area (Å²) in [5.41, 5.74) is 0.505. The summed E-state index contributed by atoms with van der Waals surface area (Å²) in [7, 11) is -3.51. The Kier molecular flexibility index (Phi) is 4.65. The molecule has 1 rings (SSSR count). The van der Waals surface area contributed by atoms with Gasteiger partial charge in [0.2, 0.25) is 10.0 Å². The van der Waals surface area contributed by atoms with Crippen LogP contribution < -0.4 is 4.72 Å². The average Bonchev–Trinajstić information content (AvgIpc) is 2.28. The second kappa shape index (κ2) is 5.63. The molecule has 0 aromatic heterocycles. The maximum Gasteiger partial charge on any atom is 0.240 e. The molecule has 1 atom stereocenters. The summed E-state index contributed by atoms with van der Waals surface area (Å²) >= 11 is 0. The number of ketones is 1. The van der Waals surface area contributed by atoms with Crippen LogP contribution in [0.3, 0.4) is 0 Å². The van der Waals surface area contributed by atoms with Gasteiger partial charge in [0.1, 0.15) is 0 Å². The summed E-state index contributed by atoms with van der Waals surface area (Å²) in [6, 6.07) is 5.81. The number of sulfonamides is 1. The van der Waals surface area contributed by atoms with Crippen LogP contribution in [0.5, 0.6) is 0 Å². The predicted octanol–water partition coefficient (Wildman–Crippen LogP) is 2.21. The van der Waals surface area contributed by atoms with Crippen LogP contribution >= 0.6 is 0 Å². The van der Waals surface area contributed by atoms with Crippen molar-refractivity contribution in [3.8, 4) is 0 Å². The van der Waals surface area contributed by atoms with Crippen molar-refractivity contribution in [2.24, 2.45) is 5.92 Å². The van der Waals surface area contributed by atoms with Gasteiger partial charge in [-0.15, -0.1) is 0 Å². The van der Waals surface area contributed by atoms with E-state index in [0.29, 0.717) is 5.56 Å². The number of Topliss-reactive ketones (excluding diaryl/α,β-unsaturated/α-hetero) is 1. The molecular formula is C13H19NO3S. The van der Waals surface area contributed by atoms with Crippen molar-refractivity contribution in [1.82, 2.24) is 4.72 Å². The van der Waals surface area contributed by atoms with E-state index in [2.05, 4.69) is 4.72 Å². The fraction of sp³-hybridized carbons (Fsp3) is 0.462. The Morgan fingerprint density at radius 1 is 1.11 bits per heavy atom. The molecule has 0 aliphatic rings. The lowest BCUT2D eigenvalue weighted by Crippen LogP contribution is -2.36. The van der Waals surface area contributed by atoms with Gasteiger partial charge >= 0.3 is 0 Å². The van der Waals surface area contributed by atoms with Gasteiger partial charge in [0.15, 0.2) is 5.78 Å². The van der Waals surface area contributed by atoms with Crippen molar-refractivity contribution in [2.75, 3.05) is 0 Å². The molecule has 1 aromatic carbocycles. The minimum Gasteiger partial charge on any atom is -0.295 e. The van der Waals surface area contributed by atoms with Crippen LogP contribution in [-0.4, -0.2) is 20.2 Å². The Labute approximate surface area is 108 Å². The quantitative estimate of drug-likeness (QED) is 0.834. The molecule has 1 N–H and O–H groups in total. The molecule has 4 nitrogen and oxygen atoms in total. The molecule has 1 aromatic rings. The van der Waals surface area contributed by atoms with Crippen LogP contribution in [0.2, 0.25) is 0 Å². The Morgan fingerprint density at radius 3 is 2.00 bits per heavy atom. The monoisotopic (exact) mass is 269 g/mol. The van der Waals surface area contributed by atoms with Crippen molar-refractivity contribution in [3.05, 3.63) is 29.8 Å². The first-order valence-electron chi connectivity index (χ1n) is 5.87. The van der Waals surface area contributed by atoms with Gasteiger partial charge in [0.25, 0.3) is 0 Å². The number of nitrogens with one attached hydrogen (secondary N) is 1. The number of benzene rings is 1. The third kappa shape index (κ3) is 3.65. The minimum atomic E-state index is -3.51. The maximum absolute atomic E-state index is 12.0. The van der Waals surface area contributed by atoms with Crippen LogP contribution in [0.15, 0.2) is 29.2 Å². The standard InChI is InChI=1S/C13H19NO3S/c1-9(2)10(3)14-18(16,17)13-7-5-12(6-8-13)11(4)15/h5-10,14H,1-4H3/t10-/m0/s1. The lowest BCUT2D eigenvalue weighted by atomic mass is 10.1. The molecule has 0 spiro atoms. The van der Waals surface area contributed by atoms with Crippen molar-refractivity contribution in [2.45, 2.75) is 38.6 Å². The van der Waals surface area contributed by atoms with Gasteiger partial charge in [-0.05, 0) is 31.9 Å². The van der Waals surface area contributed by atoms with E-state index in [1.807, 2.05) is 20.8 Å². The second-order valence-corrected chi connectivity index (χ2v) is 6.45. The molecule has 100 valence electrons. The van der Waals surface area contributed by atoms with Gasteiger partial charge in [-0.25, -0.2) is 13.1 Å². The van der Waals surface area contributed by atoms with Crippen LogP contribution in [0.25, 0.3) is 0 Å². The molecule has 0 saturated carbocycles. The van der Waals surface area contributed by atoms with E-state index in [9.17, 15) is 13.2 Å². The molecule has 0 aliphatic heterocycles. The van der Waals surface area contributed by atoms with Crippen LogP contribution in [0.1, 0.15) is 38.1 Å². The summed E-state index contributed by atoms with van der Waals surface area (Å²) in [5, 5.41) is 0. The fourth-order valence-electron chi connectivity index (χ4n) is 1.32. The fourth-order valence-corrected chi connectivity index (χ4v) is 2.71. The molecule has 0 fully saturated rings. The first-order chi connectivity index (χ1) is 8.24. The van der Waals surface area contributed by atoms with E-state index >= 15 is 0 Å². The SMILES string of the molecule is CC(=O)c1ccc(S(=O)(=O)N[C@@H](C)C(C)C)cc1. The smallest absolute Gasteiger partial charge is 0.240 e. The van der Waals surface area contributed by atoms with Gasteiger partial charge < -0.3 is 0 Å². The summed E-state index contributed by atoms with van der Waals surface area (Å²) < 4.78 is 26.7. The highest BCUT2D eigenvalue weighted by molar-refractivity contribution is 7.89. The zero-order chi connectivity index (χ0) is 13.9. The van der Waals surface area contributed by atoms with Crippen molar-refractivity contribution >= 4 is 15.8 Å². The van der Waals surface area contributed by atoms with Crippen LogP contribution in [0, 0.1) is 5.92 Å². The zero-order valence-electron chi connectivity index (χ0n) is 11.1. The van der Waals surface area contributed by atoms with Crippen molar-refractivity contribution < 1.29 is 13.2 Å². The molecule has 0 saturated heterocycles. The number of rotatable bonds is 5. The van der Waals surface area contributed by atoms with E-state index in [4.69, 9.17) is 0 Å². The van der Waals surface area contributed by atoms with Crippen LogP contribution in [0.4, 0.5) is 0 Å². The van der Waals surface area contributed by atoms with Crippen molar-refractivity contribution in [3.63, 3.8) is 0 Å². The van der Waals surface area contributed by atoms with Gasteiger partial charge in [0.05, 0.1) is 4.90 Å². The number of hydrogen-bond acceptors (Lipinski definition) is 3. The molecular weight excluding hydrogens is 250 g/mol. The number of hydrogen-bond donors (Lipinski definition) is 1. The Morgan fingerprint density at radius 2 is 1.61 bits per heavy atom. The summed E-state index contributed by atoms with van der Waals surface area (Å²) in [6.45, 7) is 7.17. The van der Waals surface area contributed by atoms with Gasteiger partial charge in [-0.3, -0.25) is 4.79 Å². The Hall–Kier alpha value is -1.20. The van der Waals surface area contributed by atoms with E-state index in [-0.39, 0.29) is 22.6 Å². The minimum absolute atomic E-state index is 0.0811. The molecule has 0 amide bonds. The van der Waals surface area contributed by atoms with E-state index in [1.165, 1.54) is 31.2 Å².